The van der Waals surface area contributed by atoms with Crippen molar-refractivity contribution >= 4 is 5.97 Å². The first-order chi connectivity index (χ1) is 6.31. The summed E-state index contributed by atoms with van der Waals surface area (Å²) in [6.07, 6.45) is 4.01. The van der Waals surface area contributed by atoms with Crippen molar-refractivity contribution in [1.29, 1.82) is 0 Å². The van der Waals surface area contributed by atoms with Crippen LogP contribution in [0.1, 0.15) is 32.6 Å². The maximum Gasteiger partial charge on any atom is 0.337 e. The van der Waals surface area contributed by atoms with Gasteiger partial charge in [0, 0.05) is 12.8 Å². The van der Waals surface area contributed by atoms with E-state index >= 15 is 0 Å². The molecular weight excluding hydrogens is 168 g/mol. The van der Waals surface area contributed by atoms with Gasteiger partial charge in [-0.2, -0.15) is 0 Å². The molecule has 2 saturated heterocycles. The fourth-order valence-electron chi connectivity index (χ4n) is 1.81. The van der Waals surface area contributed by atoms with Gasteiger partial charge in [0.1, 0.15) is 5.76 Å². The summed E-state index contributed by atoms with van der Waals surface area (Å²) < 4.78 is 10.5. The van der Waals surface area contributed by atoms with E-state index < -0.39 is 0 Å². The van der Waals surface area contributed by atoms with Crippen LogP contribution in [-0.4, -0.2) is 18.7 Å². The Kier molecular flexibility index (Phi) is 2.25. The molecule has 0 radical (unpaired) electrons. The summed E-state index contributed by atoms with van der Waals surface area (Å²) in [5.41, 5.74) is 0.774. The van der Waals surface area contributed by atoms with Gasteiger partial charge < -0.3 is 9.47 Å². The average Bonchev–Trinajstić information content (AvgIpc) is 2.71. The summed E-state index contributed by atoms with van der Waals surface area (Å²) in [5, 5.41) is 0. The van der Waals surface area contributed by atoms with Crippen LogP contribution < -0.4 is 0 Å². The van der Waals surface area contributed by atoms with E-state index in [1.54, 1.807) is 0 Å². The molecule has 72 valence electrons. The summed E-state index contributed by atoms with van der Waals surface area (Å²) in [5.74, 6) is 0.709. The molecule has 1 unspecified atom stereocenters. The first-order valence-electron chi connectivity index (χ1n) is 4.87. The van der Waals surface area contributed by atoms with Gasteiger partial charge in [-0.25, -0.2) is 4.79 Å². The molecule has 3 nitrogen and oxygen atoms in total. The molecule has 2 heterocycles. The fraction of sp³-hybridized carbons (Fsp3) is 0.700. The Balaban J connectivity index is 2.12. The van der Waals surface area contributed by atoms with Crippen molar-refractivity contribution in [2.45, 2.75) is 38.7 Å². The number of rotatable bonds is 1. The van der Waals surface area contributed by atoms with Crippen LogP contribution in [0.25, 0.3) is 0 Å². The van der Waals surface area contributed by atoms with Crippen molar-refractivity contribution in [3.8, 4) is 0 Å². The van der Waals surface area contributed by atoms with Crippen molar-refractivity contribution in [2.24, 2.45) is 0 Å². The highest BCUT2D eigenvalue weighted by Crippen LogP contribution is 2.30. The molecule has 0 N–H and O–H groups in total. The third-order valence-electron chi connectivity index (χ3n) is 2.63. The molecule has 0 aromatic heterocycles. The molecule has 0 aromatic carbocycles. The zero-order valence-corrected chi connectivity index (χ0v) is 7.84. The van der Waals surface area contributed by atoms with Crippen molar-refractivity contribution in [3.63, 3.8) is 0 Å². The molecule has 3 heteroatoms. The Morgan fingerprint density at radius 2 is 2.31 bits per heavy atom. The van der Waals surface area contributed by atoms with E-state index in [1.807, 2.05) is 0 Å². The molecule has 0 bridgehead atoms. The van der Waals surface area contributed by atoms with E-state index in [-0.39, 0.29) is 5.97 Å². The van der Waals surface area contributed by atoms with Crippen LogP contribution in [0.2, 0.25) is 0 Å². The minimum absolute atomic E-state index is 0.174. The number of ether oxygens (including phenoxy) is 2. The van der Waals surface area contributed by atoms with Gasteiger partial charge in [0.05, 0.1) is 18.3 Å². The van der Waals surface area contributed by atoms with Gasteiger partial charge >= 0.3 is 5.97 Å². The van der Waals surface area contributed by atoms with Crippen molar-refractivity contribution in [1.82, 2.24) is 0 Å². The first kappa shape index (κ1) is 8.60. The molecule has 2 aliphatic rings. The molecule has 2 aliphatic heterocycles. The number of hydrogen-bond acceptors (Lipinski definition) is 3. The molecule has 0 aliphatic carbocycles. The molecule has 1 atom stereocenters. The van der Waals surface area contributed by atoms with Crippen LogP contribution in [0.3, 0.4) is 0 Å². The largest absolute Gasteiger partial charge is 0.494 e. The van der Waals surface area contributed by atoms with Crippen LogP contribution in [0.5, 0.6) is 0 Å². The Hall–Kier alpha value is -0.990. The summed E-state index contributed by atoms with van der Waals surface area (Å²) in [6.45, 7) is 2.63. The first-order valence-corrected chi connectivity index (χ1v) is 4.87. The lowest BCUT2D eigenvalue weighted by Crippen LogP contribution is -2.03. The van der Waals surface area contributed by atoms with Crippen molar-refractivity contribution in [3.05, 3.63) is 11.3 Å². The second-order valence-corrected chi connectivity index (χ2v) is 3.47. The second-order valence-electron chi connectivity index (χ2n) is 3.47. The smallest absolute Gasteiger partial charge is 0.337 e. The summed E-state index contributed by atoms with van der Waals surface area (Å²) in [6, 6.07) is 0. The van der Waals surface area contributed by atoms with Gasteiger partial charge in [-0.15, -0.1) is 0 Å². The van der Waals surface area contributed by atoms with E-state index in [2.05, 4.69) is 6.92 Å². The van der Waals surface area contributed by atoms with Crippen molar-refractivity contribution < 1.29 is 14.3 Å². The average molecular weight is 182 g/mol. The molecule has 0 aromatic rings. The number of carbonyl (C=O) groups is 1. The highest BCUT2D eigenvalue weighted by Gasteiger charge is 2.29. The maximum atomic E-state index is 11.2. The SMILES string of the molecule is CCC1CC/C(=C2\CCOC2=O)O1. The van der Waals surface area contributed by atoms with Crippen LogP contribution in [0, 0.1) is 0 Å². The topological polar surface area (TPSA) is 35.5 Å². The quantitative estimate of drug-likeness (QED) is 0.458. The fourth-order valence-corrected chi connectivity index (χ4v) is 1.81. The number of esters is 1. The highest BCUT2D eigenvalue weighted by molar-refractivity contribution is 5.90. The van der Waals surface area contributed by atoms with Gasteiger partial charge in [0.15, 0.2) is 0 Å². The molecule has 0 spiro atoms. The predicted octanol–water partition coefficient (Wildman–Crippen LogP) is 1.78. The normalized spacial score (nSPS) is 33.3. The van der Waals surface area contributed by atoms with E-state index in [4.69, 9.17) is 9.47 Å². The number of allylic oxidation sites excluding steroid dienone is 1. The van der Waals surface area contributed by atoms with E-state index in [9.17, 15) is 4.79 Å². The van der Waals surface area contributed by atoms with Crippen LogP contribution in [-0.2, 0) is 14.3 Å². The zero-order valence-electron chi connectivity index (χ0n) is 7.84. The molecule has 13 heavy (non-hydrogen) atoms. The van der Waals surface area contributed by atoms with Gasteiger partial charge in [-0.05, 0) is 12.8 Å². The standard InChI is InChI=1S/C10H14O3/c1-2-7-3-4-9(13-7)8-5-6-12-10(8)11/h7H,2-6H2,1H3/b9-8-. The lowest BCUT2D eigenvalue weighted by molar-refractivity contribution is -0.135. The second kappa shape index (κ2) is 3.40. The lowest BCUT2D eigenvalue weighted by Gasteiger charge is -2.07. The Morgan fingerprint density at radius 3 is 2.85 bits per heavy atom. The van der Waals surface area contributed by atoms with Gasteiger partial charge in [0.2, 0.25) is 0 Å². The lowest BCUT2D eigenvalue weighted by atomic mass is 10.1. The van der Waals surface area contributed by atoms with Gasteiger partial charge in [0.25, 0.3) is 0 Å². The highest BCUT2D eigenvalue weighted by atomic mass is 16.5. The third-order valence-corrected chi connectivity index (χ3v) is 2.63. The Bertz CT molecular complexity index is 255. The zero-order chi connectivity index (χ0) is 9.26. The monoisotopic (exact) mass is 182 g/mol. The number of carbonyl (C=O) groups excluding carboxylic acids is 1. The summed E-state index contributed by atoms with van der Waals surface area (Å²) in [7, 11) is 0. The van der Waals surface area contributed by atoms with Gasteiger partial charge in [-0.1, -0.05) is 6.92 Å². The van der Waals surface area contributed by atoms with Gasteiger partial charge in [-0.3, -0.25) is 0 Å². The molecule has 0 amide bonds. The summed E-state index contributed by atoms with van der Waals surface area (Å²) in [4.78, 5) is 11.2. The van der Waals surface area contributed by atoms with Crippen LogP contribution in [0.4, 0.5) is 0 Å². The van der Waals surface area contributed by atoms with Crippen LogP contribution >= 0.6 is 0 Å². The molecule has 2 rings (SSSR count). The van der Waals surface area contributed by atoms with Crippen LogP contribution in [0.15, 0.2) is 11.3 Å². The molecular formula is C10H14O3. The predicted molar refractivity (Wildman–Crippen MR) is 47.0 cm³/mol. The van der Waals surface area contributed by atoms with Crippen molar-refractivity contribution in [2.75, 3.05) is 6.61 Å². The Morgan fingerprint density at radius 1 is 1.46 bits per heavy atom. The summed E-state index contributed by atoms with van der Waals surface area (Å²) >= 11 is 0. The maximum absolute atomic E-state index is 11.2. The number of hydrogen-bond donors (Lipinski definition) is 0. The third kappa shape index (κ3) is 1.55. The van der Waals surface area contributed by atoms with E-state index in [0.29, 0.717) is 12.7 Å². The number of cyclic esters (lactones) is 1. The Labute approximate surface area is 77.7 Å². The minimum Gasteiger partial charge on any atom is -0.494 e. The van der Waals surface area contributed by atoms with E-state index in [0.717, 1.165) is 37.0 Å². The molecule has 0 saturated carbocycles. The molecule has 2 fully saturated rings. The van der Waals surface area contributed by atoms with E-state index in [1.165, 1.54) is 0 Å². The minimum atomic E-state index is -0.174.